The minimum Gasteiger partial charge on any atom is -0.461 e. The lowest BCUT2D eigenvalue weighted by Gasteiger charge is -2.08. The predicted octanol–water partition coefficient (Wildman–Crippen LogP) is 3.87. The number of furan rings is 1. The number of nitrogens with zero attached hydrogens (tertiary/aromatic N) is 5. The van der Waals surface area contributed by atoms with Gasteiger partial charge in [-0.15, -0.1) is 10.2 Å². The van der Waals surface area contributed by atoms with Crippen molar-refractivity contribution in [3.63, 3.8) is 0 Å². The summed E-state index contributed by atoms with van der Waals surface area (Å²) >= 11 is 1.28. The number of para-hydroxylation sites is 1. The van der Waals surface area contributed by atoms with Crippen molar-refractivity contribution in [2.24, 2.45) is 7.05 Å². The first kappa shape index (κ1) is 22.7. The van der Waals surface area contributed by atoms with Gasteiger partial charge in [-0.3, -0.25) is 18.8 Å². The quantitative estimate of drug-likeness (QED) is 0.376. The Morgan fingerprint density at radius 3 is 2.64 bits per heavy atom. The summed E-state index contributed by atoms with van der Waals surface area (Å²) in [6.45, 7) is 4.64. The summed E-state index contributed by atoms with van der Waals surface area (Å²) in [5, 5.41) is 11.9. The highest BCUT2D eigenvalue weighted by Gasteiger charge is 2.20. The Bertz CT molecular complexity index is 1290. The molecule has 3 aromatic heterocycles. The largest absolute Gasteiger partial charge is 0.461 e. The molecule has 0 unspecified atom stereocenters. The molecular weight excluding hydrogens is 440 g/mol. The Hall–Kier alpha value is -3.53. The van der Waals surface area contributed by atoms with Gasteiger partial charge in [-0.25, -0.2) is 4.68 Å². The number of hydrogen-bond donors (Lipinski definition) is 1. The molecule has 0 spiro atoms. The molecule has 0 bridgehead atoms. The third-order valence-corrected chi connectivity index (χ3v) is 6.31. The standard InChI is InChI=1S/C23H26N6O3S/c1-4-5-13-28-21(18-12-9-14-32-18)25-26-23(28)33-15-19(30)24-20-16(2)27(3)29(22(20)31)17-10-7-6-8-11-17/h6-12,14H,4-5,13,15H2,1-3H3,(H,24,30). The van der Waals surface area contributed by atoms with Gasteiger partial charge < -0.3 is 9.73 Å². The third-order valence-electron chi connectivity index (χ3n) is 5.34. The Morgan fingerprint density at radius 1 is 1.15 bits per heavy atom. The Kier molecular flexibility index (Phi) is 6.83. The van der Waals surface area contributed by atoms with Gasteiger partial charge in [0.15, 0.2) is 16.7 Å². The van der Waals surface area contributed by atoms with Crippen LogP contribution in [0, 0.1) is 6.92 Å². The van der Waals surface area contributed by atoms with Crippen molar-refractivity contribution in [1.29, 1.82) is 0 Å². The second kappa shape index (κ2) is 9.95. The number of amides is 1. The Labute approximate surface area is 195 Å². The average molecular weight is 467 g/mol. The average Bonchev–Trinajstić information content (AvgIpc) is 3.53. The lowest BCUT2D eigenvalue weighted by Crippen LogP contribution is -2.23. The third kappa shape index (κ3) is 4.65. The number of nitrogens with one attached hydrogen (secondary N) is 1. The van der Waals surface area contributed by atoms with E-state index in [1.165, 1.54) is 16.4 Å². The normalized spacial score (nSPS) is 11.1. The van der Waals surface area contributed by atoms with Gasteiger partial charge in [-0.05, 0) is 37.6 Å². The molecule has 0 aliphatic carbocycles. The van der Waals surface area contributed by atoms with E-state index in [9.17, 15) is 9.59 Å². The molecule has 1 amide bonds. The van der Waals surface area contributed by atoms with Crippen molar-refractivity contribution in [2.45, 2.75) is 38.4 Å². The fourth-order valence-corrected chi connectivity index (χ4v) is 4.28. The van der Waals surface area contributed by atoms with Crippen LogP contribution in [0.25, 0.3) is 17.3 Å². The molecule has 4 aromatic rings. The molecule has 0 aliphatic rings. The van der Waals surface area contributed by atoms with Crippen LogP contribution in [0.2, 0.25) is 0 Å². The number of anilines is 1. The number of unbranched alkanes of at least 4 members (excludes halogenated alkanes) is 1. The van der Waals surface area contributed by atoms with Crippen LogP contribution in [0.5, 0.6) is 0 Å². The monoisotopic (exact) mass is 466 g/mol. The molecule has 1 aromatic carbocycles. The molecular formula is C23H26N6O3S. The molecule has 0 saturated carbocycles. The molecule has 0 radical (unpaired) electrons. The minimum atomic E-state index is -0.282. The van der Waals surface area contributed by atoms with Crippen molar-refractivity contribution in [2.75, 3.05) is 11.1 Å². The Morgan fingerprint density at radius 2 is 1.94 bits per heavy atom. The first-order valence-electron chi connectivity index (χ1n) is 10.7. The summed E-state index contributed by atoms with van der Waals surface area (Å²) in [5.41, 5.74) is 1.41. The molecule has 0 fully saturated rings. The van der Waals surface area contributed by atoms with E-state index in [4.69, 9.17) is 4.42 Å². The summed E-state index contributed by atoms with van der Waals surface area (Å²) in [4.78, 5) is 25.8. The summed E-state index contributed by atoms with van der Waals surface area (Å²) in [6.07, 6.45) is 3.56. The van der Waals surface area contributed by atoms with Crippen LogP contribution in [-0.2, 0) is 18.4 Å². The van der Waals surface area contributed by atoms with Gasteiger partial charge in [-0.2, -0.15) is 0 Å². The SMILES string of the molecule is CCCCn1c(SCC(=O)Nc2c(C)n(C)n(-c3ccccc3)c2=O)nnc1-c1ccco1. The molecule has 0 saturated heterocycles. The number of aromatic nitrogens is 5. The maximum Gasteiger partial charge on any atom is 0.295 e. The van der Waals surface area contributed by atoms with Crippen LogP contribution in [0.4, 0.5) is 5.69 Å². The number of carbonyl (C=O) groups excluding carboxylic acids is 1. The molecule has 10 heteroatoms. The minimum absolute atomic E-state index is 0.0987. The summed E-state index contributed by atoms with van der Waals surface area (Å²) < 4.78 is 10.7. The zero-order chi connectivity index (χ0) is 23.4. The van der Waals surface area contributed by atoms with Gasteiger partial charge in [0.2, 0.25) is 5.91 Å². The highest BCUT2D eigenvalue weighted by atomic mass is 32.2. The van der Waals surface area contributed by atoms with Crippen molar-refractivity contribution in [3.8, 4) is 17.3 Å². The molecule has 0 atom stereocenters. The highest BCUT2D eigenvalue weighted by molar-refractivity contribution is 7.99. The van der Waals surface area contributed by atoms with Crippen LogP contribution in [0.15, 0.2) is 63.1 Å². The van der Waals surface area contributed by atoms with Crippen molar-refractivity contribution in [1.82, 2.24) is 24.1 Å². The van der Waals surface area contributed by atoms with Gasteiger partial charge in [-0.1, -0.05) is 43.3 Å². The maximum atomic E-state index is 13.0. The van der Waals surface area contributed by atoms with Crippen molar-refractivity contribution in [3.05, 3.63) is 64.8 Å². The van der Waals surface area contributed by atoms with Crippen LogP contribution in [-0.4, -0.2) is 35.8 Å². The molecule has 33 heavy (non-hydrogen) atoms. The highest BCUT2D eigenvalue weighted by Crippen LogP contribution is 2.25. The fraction of sp³-hybridized carbons (Fsp3) is 0.304. The number of carbonyl (C=O) groups is 1. The Balaban J connectivity index is 1.50. The van der Waals surface area contributed by atoms with Gasteiger partial charge >= 0.3 is 0 Å². The smallest absolute Gasteiger partial charge is 0.295 e. The summed E-state index contributed by atoms with van der Waals surface area (Å²) in [5.74, 6) is 1.09. The molecule has 1 N–H and O–H groups in total. The van der Waals surface area contributed by atoms with Crippen LogP contribution < -0.4 is 10.9 Å². The maximum absolute atomic E-state index is 13.0. The van der Waals surface area contributed by atoms with Crippen molar-refractivity contribution < 1.29 is 9.21 Å². The molecule has 3 heterocycles. The number of benzene rings is 1. The molecule has 0 aliphatic heterocycles. The number of thioether (sulfide) groups is 1. The second-order valence-corrected chi connectivity index (χ2v) is 8.50. The van der Waals surface area contributed by atoms with Gasteiger partial charge in [0.05, 0.1) is 23.4 Å². The zero-order valence-electron chi connectivity index (χ0n) is 18.8. The van der Waals surface area contributed by atoms with E-state index in [1.807, 2.05) is 41.0 Å². The fourth-order valence-electron chi connectivity index (χ4n) is 3.52. The van der Waals surface area contributed by atoms with Gasteiger partial charge in [0.1, 0.15) is 5.69 Å². The van der Waals surface area contributed by atoms with E-state index in [-0.39, 0.29) is 22.9 Å². The lowest BCUT2D eigenvalue weighted by molar-refractivity contribution is -0.113. The van der Waals surface area contributed by atoms with Crippen molar-refractivity contribution >= 4 is 23.4 Å². The summed E-state index contributed by atoms with van der Waals surface area (Å²) in [6, 6.07) is 13.0. The van der Waals surface area contributed by atoms with E-state index in [2.05, 4.69) is 22.4 Å². The molecule has 172 valence electrons. The first-order chi connectivity index (χ1) is 16.0. The first-order valence-corrected chi connectivity index (χ1v) is 11.7. The number of rotatable bonds is 9. The van der Waals surface area contributed by atoms with E-state index in [0.29, 0.717) is 22.4 Å². The van der Waals surface area contributed by atoms with E-state index in [0.717, 1.165) is 25.1 Å². The van der Waals surface area contributed by atoms with E-state index >= 15 is 0 Å². The van der Waals surface area contributed by atoms with Gasteiger partial charge in [0, 0.05) is 13.6 Å². The lowest BCUT2D eigenvalue weighted by atomic mass is 10.3. The zero-order valence-corrected chi connectivity index (χ0v) is 19.6. The number of hydrogen-bond acceptors (Lipinski definition) is 6. The predicted molar refractivity (Wildman–Crippen MR) is 128 cm³/mol. The van der Waals surface area contributed by atoms with E-state index < -0.39 is 0 Å². The second-order valence-electron chi connectivity index (χ2n) is 7.56. The van der Waals surface area contributed by atoms with Gasteiger partial charge in [0.25, 0.3) is 5.56 Å². The van der Waals surface area contributed by atoms with E-state index in [1.54, 1.807) is 31.0 Å². The molecule has 4 rings (SSSR count). The summed E-state index contributed by atoms with van der Waals surface area (Å²) in [7, 11) is 1.79. The van der Waals surface area contributed by atoms with Crippen LogP contribution >= 0.6 is 11.8 Å². The van der Waals surface area contributed by atoms with Crippen LogP contribution in [0.3, 0.4) is 0 Å². The molecule has 9 nitrogen and oxygen atoms in total. The topological polar surface area (TPSA) is 99.9 Å². The van der Waals surface area contributed by atoms with Crippen LogP contribution in [0.1, 0.15) is 25.5 Å².